The molecule has 0 unspecified atom stereocenters. The number of nitrogens with zero attached hydrogens (tertiary/aromatic N) is 3. The van der Waals surface area contributed by atoms with Crippen LogP contribution in [-0.4, -0.2) is 33.6 Å². The predicted octanol–water partition coefficient (Wildman–Crippen LogP) is 1.99. The van der Waals surface area contributed by atoms with Gasteiger partial charge < -0.3 is 10.3 Å². The van der Waals surface area contributed by atoms with Crippen LogP contribution in [-0.2, 0) is 11.3 Å². The summed E-state index contributed by atoms with van der Waals surface area (Å²) in [4.78, 5) is 24.3. The summed E-state index contributed by atoms with van der Waals surface area (Å²) in [7, 11) is 0. The second-order valence-corrected chi connectivity index (χ2v) is 5.92. The van der Waals surface area contributed by atoms with Crippen LogP contribution >= 0.6 is 0 Å². The van der Waals surface area contributed by atoms with E-state index < -0.39 is 5.91 Å². The Bertz CT molecular complexity index is 1000. The minimum Gasteiger partial charge on any atom is -0.368 e. The lowest BCUT2D eigenvalue weighted by Gasteiger charge is -2.14. The highest BCUT2D eigenvalue weighted by Crippen LogP contribution is 2.24. The Kier molecular flexibility index (Phi) is 3.57. The normalized spacial score (nSPS) is 14.2. The van der Waals surface area contributed by atoms with Gasteiger partial charge in [0.05, 0.1) is 12.3 Å². The molecule has 25 heavy (non-hydrogen) atoms. The molecule has 2 amide bonds. The van der Waals surface area contributed by atoms with Gasteiger partial charge in [0.15, 0.2) is 0 Å². The van der Waals surface area contributed by atoms with Gasteiger partial charge in [-0.05, 0) is 17.7 Å². The summed E-state index contributed by atoms with van der Waals surface area (Å²) < 4.78 is 1.94. The number of hydrazone groups is 1. The third kappa shape index (κ3) is 2.67. The van der Waals surface area contributed by atoms with Crippen LogP contribution in [0.25, 0.3) is 10.9 Å². The molecule has 1 aliphatic rings. The number of nitrogens with two attached hydrogens (primary N) is 1. The molecule has 2 heterocycles. The predicted molar refractivity (Wildman–Crippen MR) is 95.1 cm³/mol. The van der Waals surface area contributed by atoms with E-state index in [1.807, 2.05) is 65.2 Å². The first-order valence-corrected chi connectivity index (χ1v) is 7.95. The molecule has 0 saturated heterocycles. The number of rotatable bonds is 3. The summed E-state index contributed by atoms with van der Waals surface area (Å²) in [5, 5.41) is 6.57. The maximum atomic E-state index is 12.9. The smallest absolute Gasteiger partial charge is 0.291 e. The average molecular weight is 332 g/mol. The van der Waals surface area contributed by atoms with Gasteiger partial charge in [-0.25, -0.2) is 5.01 Å². The van der Waals surface area contributed by atoms with Gasteiger partial charge in [-0.15, -0.1) is 0 Å². The van der Waals surface area contributed by atoms with Gasteiger partial charge in [-0.1, -0.05) is 48.5 Å². The van der Waals surface area contributed by atoms with Crippen LogP contribution < -0.4 is 5.73 Å². The van der Waals surface area contributed by atoms with Crippen molar-refractivity contribution in [2.45, 2.75) is 6.54 Å². The summed E-state index contributed by atoms with van der Waals surface area (Å²) in [6, 6.07) is 19.2. The van der Waals surface area contributed by atoms with Crippen LogP contribution in [0.15, 0.2) is 65.8 Å². The zero-order chi connectivity index (χ0) is 17.4. The van der Waals surface area contributed by atoms with Crippen molar-refractivity contribution >= 4 is 28.4 Å². The zero-order valence-electron chi connectivity index (χ0n) is 13.4. The van der Waals surface area contributed by atoms with E-state index in [0.717, 1.165) is 21.5 Å². The van der Waals surface area contributed by atoms with Crippen LogP contribution in [0.2, 0.25) is 0 Å². The van der Waals surface area contributed by atoms with Gasteiger partial charge >= 0.3 is 0 Å². The monoisotopic (exact) mass is 332 g/mol. The molecule has 1 aliphatic heterocycles. The zero-order valence-corrected chi connectivity index (χ0v) is 13.4. The Morgan fingerprint density at radius 3 is 2.56 bits per heavy atom. The largest absolute Gasteiger partial charge is 0.368 e. The van der Waals surface area contributed by atoms with Crippen LogP contribution in [0.5, 0.6) is 0 Å². The number of fused-ring (bicyclic) bond motifs is 3. The molecule has 0 atom stereocenters. The summed E-state index contributed by atoms with van der Waals surface area (Å²) in [6.45, 7) is 0.185. The van der Waals surface area contributed by atoms with Gasteiger partial charge in [0, 0.05) is 10.9 Å². The van der Waals surface area contributed by atoms with E-state index in [4.69, 9.17) is 5.73 Å². The fourth-order valence-corrected chi connectivity index (χ4v) is 3.10. The highest BCUT2D eigenvalue weighted by Gasteiger charge is 2.27. The van der Waals surface area contributed by atoms with Crippen LogP contribution in [0.3, 0.4) is 0 Å². The number of primary amides is 1. The Morgan fingerprint density at radius 2 is 1.80 bits per heavy atom. The van der Waals surface area contributed by atoms with Gasteiger partial charge in [-0.3, -0.25) is 9.59 Å². The van der Waals surface area contributed by atoms with Gasteiger partial charge in [0.2, 0.25) is 5.91 Å². The number of amides is 2. The first kappa shape index (κ1) is 15.1. The Labute approximate surface area is 144 Å². The van der Waals surface area contributed by atoms with E-state index in [9.17, 15) is 9.59 Å². The van der Waals surface area contributed by atoms with Gasteiger partial charge in [0.1, 0.15) is 12.2 Å². The molecule has 4 rings (SSSR count). The first-order chi connectivity index (χ1) is 12.1. The maximum absolute atomic E-state index is 12.9. The van der Waals surface area contributed by atoms with Crippen molar-refractivity contribution in [3.05, 3.63) is 71.9 Å². The number of carbonyl (C=O) groups excluding carboxylic acids is 2. The molecule has 2 N–H and O–H groups in total. The van der Waals surface area contributed by atoms with Gasteiger partial charge in [-0.2, -0.15) is 5.10 Å². The summed E-state index contributed by atoms with van der Waals surface area (Å²) in [5.74, 6) is -0.935. The van der Waals surface area contributed by atoms with E-state index in [2.05, 4.69) is 5.10 Å². The fourth-order valence-electron chi connectivity index (χ4n) is 3.10. The quantitative estimate of drug-likeness (QED) is 0.796. The highest BCUT2D eigenvalue weighted by molar-refractivity contribution is 6.07. The molecule has 1 aromatic heterocycles. The topological polar surface area (TPSA) is 80.7 Å². The molecule has 0 saturated carbocycles. The lowest BCUT2D eigenvalue weighted by Crippen LogP contribution is -2.35. The number of aromatic nitrogens is 1. The Morgan fingerprint density at radius 1 is 1.08 bits per heavy atom. The first-order valence-electron chi connectivity index (χ1n) is 7.95. The van der Waals surface area contributed by atoms with Crippen molar-refractivity contribution < 1.29 is 9.59 Å². The third-order valence-electron chi connectivity index (χ3n) is 4.23. The van der Waals surface area contributed by atoms with E-state index in [0.29, 0.717) is 18.0 Å². The minimum atomic E-state index is -0.603. The molecule has 124 valence electrons. The van der Waals surface area contributed by atoms with E-state index in [1.54, 1.807) is 0 Å². The van der Waals surface area contributed by atoms with Crippen molar-refractivity contribution in [3.8, 4) is 0 Å². The molecule has 0 aliphatic carbocycles. The molecule has 6 nitrogen and oxygen atoms in total. The van der Waals surface area contributed by atoms with E-state index in [-0.39, 0.29) is 12.5 Å². The summed E-state index contributed by atoms with van der Waals surface area (Å²) in [6.07, 6.45) is 0. The molecule has 0 fully saturated rings. The van der Waals surface area contributed by atoms with Crippen molar-refractivity contribution in [2.75, 3.05) is 6.54 Å². The molecule has 0 bridgehead atoms. The van der Waals surface area contributed by atoms with Crippen molar-refractivity contribution in [2.24, 2.45) is 10.8 Å². The molecular weight excluding hydrogens is 316 g/mol. The number of hydrogen-bond donors (Lipinski definition) is 1. The lowest BCUT2D eigenvalue weighted by molar-refractivity contribution is -0.118. The maximum Gasteiger partial charge on any atom is 0.291 e. The van der Waals surface area contributed by atoms with Crippen LogP contribution in [0.1, 0.15) is 16.1 Å². The second-order valence-electron chi connectivity index (χ2n) is 5.92. The summed E-state index contributed by atoms with van der Waals surface area (Å²) in [5.41, 5.74) is 8.36. The molecule has 2 aromatic carbocycles. The van der Waals surface area contributed by atoms with E-state index in [1.165, 1.54) is 0 Å². The van der Waals surface area contributed by atoms with Crippen LogP contribution in [0.4, 0.5) is 0 Å². The molecule has 0 spiro atoms. The van der Waals surface area contributed by atoms with Gasteiger partial charge in [0.25, 0.3) is 5.91 Å². The fraction of sp³-hybridized carbons (Fsp3) is 0.105. The molecule has 6 heteroatoms. The molecule has 3 aromatic rings. The number of benzene rings is 2. The summed E-state index contributed by atoms with van der Waals surface area (Å²) >= 11 is 0. The number of para-hydroxylation sites is 1. The van der Waals surface area contributed by atoms with E-state index >= 15 is 0 Å². The highest BCUT2D eigenvalue weighted by atomic mass is 16.2. The molecular formula is C19H16N4O2. The Hall–Kier alpha value is -3.41. The van der Waals surface area contributed by atoms with Crippen LogP contribution in [0, 0.1) is 0 Å². The second kappa shape index (κ2) is 5.90. The molecule has 0 radical (unpaired) electrons. The van der Waals surface area contributed by atoms with Crippen molar-refractivity contribution in [1.82, 2.24) is 9.58 Å². The number of hydrogen-bond acceptors (Lipinski definition) is 3. The van der Waals surface area contributed by atoms with Crippen molar-refractivity contribution in [3.63, 3.8) is 0 Å². The number of carbonyl (C=O) groups is 2. The SMILES string of the molecule is NC(=O)CN1N=C(c2ccccc2)Cn2c(cc3ccccc32)C1=O. The lowest BCUT2D eigenvalue weighted by atomic mass is 10.1. The third-order valence-corrected chi connectivity index (χ3v) is 4.23. The standard InChI is InChI=1S/C19H16N4O2/c20-18(24)12-23-19(25)17-10-14-8-4-5-9-16(14)22(17)11-15(21-23)13-6-2-1-3-7-13/h1-10H,11-12H2,(H2,20,24). The Balaban J connectivity index is 1.91. The average Bonchev–Trinajstić information content (AvgIpc) is 2.92. The minimum absolute atomic E-state index is 0.253. The van der Waals surface area contributed by atoms with Crippen molar-refractivity contribution in [1.29, 1.82) is 0 Å².